The molecule has 0 amide bonds. The van der Waals surface area contributed by atoms with E-state index in [0.717, 1.165) is 46.3 Å². The second kappa shape index (κ2) is 9.32. The molecule has 0 aliphatic heterocycles. The van der Waals surface area contributed by atoms with Gasteiger partial charge in [0.1, 0.15) is 0 Å². The molecule has 0 saturated heterocycles. The van der Waals surface area contributed by atoms with Crippen LogP contribution in [0.25, 0.3) is 39.3 Å². The summed E-state index contributed by atoms with van der Waals surface area (Å²) in [5.41, 5.74) is 6.55. The number of aryl methyl sites for hydroxylation is 1. The first kappa shape index (κ1) is 21.7. The number of fused-ring (bicyclic) bond motifs is 1. The van der Waals surface area contributed by atoms with Crippen molar-refractivity contribution in [2.24, 2.45) is 0 Å². The predicted octanol–water partition coefficient (Wildman–Crippen LogP) is 4.82. The Hall–Kier alpha value is -4.52. The highest BCUT2D eigenvalue weighted by atomic mass is 16.4. The summed E-state index contributed by atoms with van der Waals surface area (Å²) in [6, 6.07) is 23.7. The largest absolute Gasteiger partial charge is 0.481 e. The Morgan fingerprint density at radius 1 is 0.939 bits per heavy atom. The van der Waals surface area contributed by atoms with Gasteiger partial charge in [0.15, 0.2) is 5.65 Å². The van der Waals surface area contributed by atoms with Crippen molar-refractivity contribution < 1.29 is 9.90 Å². The molecular formula is C26H22N4O3. The molecule has 2 N–H and O–H groups in total. The van der Waals surface area contributed by atoms with Crippen LogP contribution in [0.3, 0.4) is 0 Å². The lowest BCUT2D eigenvalue weighted by Crippen LogP contribution is -2.17. The third-order valence-electron chi connectivity index (χ3n) is 4.95. The zero-order valence-corrected chi connectivity index (χ0v) is 18.2. The highest BCUT2D eigenvalue weighted by molar-refractivity contribution is 5.90. The molecule has 0 spiro atoms. The van der Waals surface area contributed by atoms with Gasteiger partial charge in [0.25, 0.3) is 5.97 Å². The van der Waals surface area contributed by atoms with Gasteiger partial charge in [0, 0.05) is 36.1 Å². The van der Waals surface area contributed by atoms with Crippen molar-refractivity contribution in [1.82, 2.24) is 19.4 Å². The van der Waals surface area contributed by atoms with Crippen LogP contribution in [0, 0.1) is 6.92 Å². The molecule has 164 valence electrons. The first-order valence-electron chi connectivity index (χ1n) is 10.3. The minimum atomic E-state index is -0.833. The molecule has 33 heavy (non-hydrogen) atoms. The van der Waals surface area contributed by atoms with Crippen LogP contribution < -0.4 is 5.69 Å². The summed E-state index contributed by atoms with van der Waals surface area (Å²) in [4.78, 5) is 34.2. The van der Waals surface area contributed by atoms with Crippen molar-refractivity contribution in [2.45, 2.75) is 13.8 Å². The van der Waals surface area contributed by atoms with E-state index in [2.05, 4.69) is 9.97 Å². The highest BCUT2D eigenvalue weighted by Crippen LogP contribution is 2.33. The van der Waals surface area contributed by atoms with Crippen LogP contribution in [-0.2, 0) is 4.79 Å². The molecule has 7 heteroatoms. The number of carboxylic acids is 1. The van der Waals surface area contributed by atoms with Crippen molar-refractivity contribution in [2.75, 3.05) is 0 Å². The van der Waals surface area contributed by atoms with Gasteiger partial charge in [-0.15, -0.1) is 0 Å². The van der Waals surface area contributed by atoms with E-state index in [-0.39, 0.29) is 5.69 Å². The number of aromatic nitrogens is 4. The highest BCUT2D eigenvalue weighted by Gasteiger charge is 2.18. The molecule has 0 bridgehead atoms. The minimum absolute atomic E-state index is 0.219. The van der Waals surface area contributed by atoms with Crippen molar-refractivity contribution in [1.29, 1.82) is 0 Å². The summed E-state index contributed by atoms with van der Waals surface area (Å²) in [6.07, 6.45) is 3.57. The maximum absolute atomic E-state index is 12.9. The van der Waals surface area contributed by atoms with Gasteiger partial charge in [-0.2, -0.15) is 0 Å². The van der Waals surface area contributed by atoms with Gasteiger partial charge >= 0.3 is 5.69 Å². The fourth-order valence-electron chi connectivity index (χ4n) is 3.60. The van der Waals surface area contributed by atoms with Crippen molar-refractivity contribution in [3.05, 3.63) is 101 Å². The maximum Gasteiger partial charge on any atom is 0.331 e. The molecule has 0 aliphatic carbocycles. The molecule has 7 nitrogen and oxygen atoms in total. The number of carbonyl (C=O) groups is 1. The quantitative estimate of drug-likeness (QED) is 0.421. The van der Waals surface area contributed by atoms with E-state index < -0.39 is 5.97 Å². The number of nitrogens with zero attached hydrogens (tertiary/aromatic N) is 3. The molecule has 0 unspecified atom stereocenters. The zero-order chi connectivity index (χ0) is 23.4. The number of aromatic amines is 1. The third-order valence-corrected chi connectivity index (χ3v) is 4.95. The van der Waals surface area contributed by atoms with Gasteiger partial charge in [0.05, 0.1) is 11.4 Å². The molecule has 0 radical (unpaired) electrons. The molecule has 2 aromatic carbocycles. The number of imidazole rings is 1. The molecule has 5 aromatic rings. The van der Waals surface area contributed by atoms with Crippen LogP contribution in [0.2, 0.25) is 0 Å². The lowest BCUT2D eigenvalue weighted by molar-refractivity contribution is -0.134. The van der Waals surface area contributed by atoms with E-state index in [1.807, 2.05) is 79.7 Å². The second-order valence-electron chi connectivity index (χ2n) is 7.44. The van der Waals surface area contributed by atoms with Crippen LogP contribution >= 0.6 is 0 Å². The van der Waals surface area contributed by atoms with Crippen LogP contribution in [-0.4, -0.2) is 30.4 Å². The fourth-order valence-corrected chi connectivity index (χ4v) is 3.60. The predicted molar refractivity (Wildman–Crippen MR) is 128 cm³/mol. The Balaban J connectivity index is 0.000000601. The van der Waals surface area contributed by atoms with Crippen molar-refractivity contribution >= 4 is 11.6 Å². The minimum Gasteiger partial charge on any atom is -0.481 e. The number of rotatable bonds is 3. The van der Waals surface area contributed by atoms with Gasteiger partial charge < -0.3 is 10.1 Å². The Kier molecular flexibility index (Phi) is 6.13. The van der Waals surface area contributed by atoms with Crippen LogP contribution in [0.15, 0.2) is 90.0 Å². The summed E-state index contributed by atoms with van der Waals surface area (Å²) < 4.78 is 1.58. The first-order valence-corrected chi connectivity index (χ1v) is 10.3. The lowest BCUT2D eigenvalue weighted by Gasteiger charge is -2.12. The summed E-state index contributed by atoms with van der Waals surface area (Å²) >= 11 is 0. The van der Waals surface area contributed by atoms with Crippen LogP contribution in [0.1, 0.15) is 12.6 Å². The molecule has 5 rings (SSSR count). The van der Waals surface area contributed by atoms with Crippen LogP contribution in [0.5, 0.6) is 0 Å². The molecule has 0 aliphatic rings. The number of hydrogen-bond donors (Lipinski definition) is 2. The van der Waals surface area contributed by atoms with Gasteiger partial charge in [-0.1, -0.05) is 60.7 Å². The molecule has 0 fully saturated rings. The smallest absolute Gasteiger partial charge is 0.331 e. The van der Waals surface area contributed by atoms with E-state index in [4.69, 9.17) is 14.9 Å². The number of nitrogens with one attached hydrogen (secondary N) is 1. The lowest BCUT2D eigenvalue weighted by atomic mass is 10.0. The number of hydrogen-bond acceptors (Lipinski definition) is 4. The van der Waals surface area contributed by atoms with Gasteiger partial charge in [-0.25, -0.2) is 9.78 Å². The van der Waals surface area contributed by atoms with Crippen molar-refractivity contribution in [3.63, 3.8) is 0 Å². The number of pyridine rings is 1. The maximum atomic E-state index is 12.9. The number of aliphatic carboxylic acids is 1. The third kappa shape index (κ3) is 4.72. The van der Waals surface area contributed by atoms with Crippen molar-refractivity contribution in [3.8, 4) is 33.6 Å². The van der Waals surface area contributed by atoms with E-state index in [9.17, 15) is 4.79 Å². The van der Waals surface area contributed by atoms with Crippen LogP contribution in [0.4, 0.5) is 0 Å². The first-order chi connectivity index (χ1) is 15.9. The van der Waals surface area contributed by atoms with Gasteiger partial charge in [-0.3, -0.25) is 14.2 Å². The average Bonchev–Trinajstić information content (AvgIpc) is 3.26. The number of benzene rings is 2. The van der Waals surface area contributed by atoms with Gasteiger partial charge in [-0.05, 0) is 30.2 Å². The van der Waals surface area contributed by atoms with E-state index in [1.165, 1.54) is 0 Å². The van der Waals surface area contributed by atoms with Gasteiger partial charge in [0.2, 0.25) is 0 Å². The molecular weight excluding hydrogens is 416 g/mol. The SMILES string of the molecule is CC(=O)O.Cc1cc(-c2c(-c3ccccc3)[nH]c(=O)n3cc(-c4ccccc4)nc23)ccn1. The Morgan fingerprint density at radius 2 is 1.55 bits per heavy atom. The monoisotopic (exact) mass is 438 g/mol. The summed E-state index contributed by atoms with van der Waals surface area (Å²) in [6.45, 7) is 3.04. The summed E-state index contributed by atoms with van der Waals surface area (Å²) in [5.74, 6) is -0.833. The second-order valence-corrected chi connectivity index (χ2v) is 7.44. The standard InChI is InChI=1S/C24H18N4O.C2H4O2/c1-16-14-19(12-13-25-16)21-22(18-10-6-3-7-11-18)27-24(29)28-15-20(26-23(21)28)17-8-4-2-5-9-17;1-2(3)4/h2-15H,1H3,(H,27,29);1H3,(H,3,4). The number of carboxylic acid groups (broad SMARTS) is 1. The molecule has 0 atom stereocenters. The summed E-state index contributed by atoms with van der Waals surface area (Å²) in [7, 11) is 0. The van der Waals surface area contributed by atoms with E-state index >= 15 is 0 Å². The summed E-state index contributed by atoms with van der Waals surface area (Å²) in [5, 5.41) is 7.42. The molecule has 3 heterocycles. The molecule has 0 saturated carbocycles. The Labute approximate surface area is 190 Å². The fraction of sp³-hybridized carbons (Fsp3) is 0.0769. The Morgan fingerprint density at radius 3 is 2.15 bits per heavy atom. The molecule has 3 aromatic heterocycles. The average molecular weight is 438 g/mol. The normalized spacial score (nSPS) is 10.5. The van der Waals surface area contributed by atoms with E-state index in [1.54, 1.807) is 16.8 Å². The van der Waals surface area contributed by atoms with E-state index in [0.29, 0.717) is 5.65 Å². The topological polar surface area (TPSA) is 100 Å². The Bertz CT molecular complexity index is 1470. The zero-order valence-electron chi connectivity index (χ0n) is 18.2. The number of H-pyrrole nitrogens is 1.